The van der Waals surface area contributed by atoms with E-state index in [9.17, 15) is 13.2 Å². The molecule has 5 rings (SSSR count). The molecule has 0 spiro atoms. The van der Waals surface area contributed by atoms with Crippen molar-refractivity contribution in [3.05, 3.63) is 47.5 Å². The van der Waals surface area contributed by atoms with E-state index in [1.807, 2.05) is 18.2 Å². The molecular weight excluding hydrogens is 452 g/mol. The molecule has 9 nitrogen and oxygen atoms in total. The highest BCUT2D eigenvalue weighted by atomic mass is 35.5. The highest BCUT2D eigenvalue weighted by molar-refractivity contribution is 7.89. The van der Waals surface area contributed by atoms with Crippen LogP contribution in [0.2, 0.25) is 5.02 Å². The minimum atomic E-state index is -3.69. The van der Waals surface area contributed by atoms with E-state index in [1.54, 1.807) is 22.7 Å². The summed E-state index contributed by atoms with van der Waals surface area (Å²) in [6, 6.07) is 11.9. The SMILES string of the molecule is O=C(Nc1nc2cccc(N3CCC(NS(=O)(=O)c4ccccc4Cl)CC3)n2n1)C1CC1. The molecule has 0 radical (unpaired) electrons. The Hall–Kier alpha value is -2.69. The molecule has 2 aromatic heterocycles. The minimum Gasteiger partial charge on any atom is -0.356 e. The maximum absolute atomic E-state index is 12.7. The Balaban J connectivity index is 1.27. The third-order valence-corrected chi connectivity index (χ3v) is 7.81. The summed E-state index contributed by atoms with van der Waals surface area (Å²) >= 11 is 6.07. The van der Waals surface area contributed by atoms with Crippen molar-refractivity contribution in [1.82, 2.24) is 19.3 Å². The van der Waals surface area contributed by atoms with E-state index >= 15 is 0 Å². The Bertz CT molecular complexity index is 1270. The lowest BCUT2D eigenvalue weighted by Crippen LogP contribution is -2.45. The van der Waals surface area contributed by atoms with Gasteiger partial charge in [-0.1, -0.05) is 29.8 Å². The molecule has 32 heavy (non-hydrogen) atoms. The summed E-state index contributed by atoms with van der Waals surface area (Å²) in [4.78, 5) is 18.7. The van der Waals surface area contributed by atoms with Crippen LogP contribution in [0.25, 0.3) is 5.65 Å². The van der Waals surface area contributed by atoms with E-state index in [0.29, 0.717) is 37.5 Å². The summed E-state index contributed by atoms with van der Waals surface area (Å²) in [5.74, 6) is 1.20. The topological polar surface area (TPSA) is 109 Å². The number of aromatic nitrogens is 3. The first-order valence-electron chi connectivity index (χ1n) is 10.6. The first-order valence-corrected chi connectivity index (χ1v) is 12.5. The first-order chi connectivity index (χ1) is 15.4. The van der Waals surface area contributed by atoms with Crippen LogP contribution in [0.4, 0.5) is 11.8 Å². The molecule has 3 heterocycles. The lowest BCUT2D eigenvalue weighted by atomic mass is 10.1. The quantitative estimate of drug-likeness (QED) is 0.568. The van der Waals surface area contributed by atoms with Gasteiger partial charge in [-0.15, -0.1) is 5.10 Å². The predicted octanol–water partition coefficient (Wildman–Crippen LogP) is 2.68. The van der Waals surface area contributed by atoms with E-state index in [4.69, 9.17) is 11.6 Å². The summed E-state index contributed by atoms with van der Waals surface area (Å²) in [7, 11) is -3.69. The molecule has 2 aliphatic rings. The number of carbonyl (C=O) groups is 1. The van der Waals surface area contributed by atoms with Crippen LogP contribution in [-0.2, 0) is 14.8 Å². The molecule has 3 aromatic rings. The Morgan fingerprint density at radius 1 is 1.03 bits per heavy atom. The van der Waals surface area contributed by atoms with E-state index in [2.05, 4.69) is 25.0 Å². The van der Waals surface area contributed by atoms with Gasteiger partial charge in [-0.05, 0) is 49.9 Å². The largest absolute Gasteiger partial charge is 0.356 e. The minimum absolute atomic E-state index is 0.0333. The van der Waals surface area contributed by atoms with Gasteiger partial charge in [0.15, 0.2) is 5.65 Å². The lowest BCUT2D eigenvalue weighted by Gasteiger charge is -2.33. The fourth-order valence-corrected chi connectivity index (χ4v) is 5.74. The van der Waals surface area contributed by atoms with Gasteiger partial charge in [0.25, 0.3) is 0 Å². The number of benzene rings is 1. The van der Waals surface area contributed by atoms with Gasteiger partial charge in [-0.25, -0.2) is 13.1 Å². The standard InChI is InChI=1S/C21H23ClN6O3S/c22-16-4-1-2-5-17(16)32(30,31)26-15-10-12-27(13-11-15)19-7-3-6-18-23-21(25-28(18)19)24-20(29)14-8-9-14/h1-7,14-15,26H,8-13H2,(H,24,25,29). The van der Waals surface area contributed by atoms with E-state index in [0.717, 1.165) is 18.7 Å². The highest BCUT2D eigenvalue weighted by Gasteiger charge is 2.31. The van der Waals surface area contributed by atoms with Crippen LogP contribution in [-0.4, -0.2) is 48.1 Å². The van der Waals surface area contributed by atoms with Crippen molar-refractivity contribution in [1.29, 1.82) is 0 Å². The molecule has 1 aliphatic carbocycles. The summed E-state index contributed by atoms with van der Waals surface area (Å²) in [6.45, 7) is 1.30. The second kappa shape index (κ2) is 8.34. The summed E-state index contributed by atoms with van der Waals surface area (Å²) < 4.78 is 30.0. The van der Waals surface area contributed by atoms with Gasteiger partial charge in [-0.2, -0.15) is 9.50 Å². The normalized spacial score (nSPS) is 17.6. The first kappa shape index (κ1) is 21.2. The average Bonchev–Trinajstić information content (AvgIpc) is 3.54. The smallest absolute Gasteiger partial charge is 0.249 e. The molecular formula is C21H23ClN6O3S. The Kier molecular flexibility index (Phi) is 5.52. The fraction of sp³-hybridized carbons (Fsp3) is 0.381. The maximum Gasteiger partial charge on any atom is 0.249 e. The number of hydrogen-bond acceptors (Lipinski definition) is 6. The number of nitrogens with one attached hydrogen (secondary N) is 2. The number of rotatable bonds is 6. The molecule has 1 aliphatic heterocycles. The molecule has 1 amide bonds. The van der Waals surface area contributed by atoms with Crippen molar-refractivity contribution < 1.29 is 13.2 Å². The summed E-state index contributed by atoms with van der Waals surface area (Å²) in [5.41, 5.74) is 0.648. The van der Waals surface area contributed by atoms with Gasteiger partial charge >= 0.3 is 0 Å². The van der Waals surface area contributed by atoms with Crippen molar-refractivity contribution in [3.63, 3.8) is 0 Å². The molecule has 0 bridgehead atoms. The number of nitrogens with zero attached hydrogens (tertiary/aromatic N) is 4. The van der Waals surface area contributed by atoms with Gasteiger partial charge in [0.1, 0.15) is 10.7 Å². The van der Waals surface area contributed by atoms with Gasteiger partial charge < -0.3 is 4.90 Å². The average molecular weight is 475 g/mol. The number of carbonyl (C=O) groups excluding carboxylic acids is 1. The van der Waals surface area contributed by atoms with E-state index in [1.165, 1.54) is 6.07 Å². The zero-order valence-electron chi connectivity index (χ0n) is 17.2. The van der Waals surface area contributed by atoms with Crippen molar-refractivity contribution in [2.75, 3.05) is 23.3 Å². The number of piperidine rings is 1. The third kappa shape index (κ3) is 4.30. The van der Waals surface area contributed by atoms with Crippen molar-refractivity contribution in [2.45, 2.75) is 36.6 Å². The van der Waals surface area contributed by atoms with Gasteiger partial charge in [0, 0.05) is 25.0 Å². The van der Waals surface area contributed by atoms with Crippen LogP contribution in [0.5, 0.6) is 0 Å². The molecule has 2 fully saturated rings. The molecule has 168 valence electrons. The Labute approximate surface area is 190 Å². The molecule has 11 heteroatoms. The van der Waals surface area contributed by atoms with Gasteiger partial charge in [0.05, 0.1) is 5.02 Å². The van der Waals surface area contributed by atoms with Crippen molar-refractivity contribution >= 4 is 44.9 Å². The van der Waals surface area contributed by atoms with Crippen LogP contribution in [0.15, 0.2) is 47.4 Å². The third-order valence-electron chi connectivity index (χ3n) is 5.79. The van der Waals surface area contributed by atoms with Gasteiger partial charge in [-0.3, -0.25) is 10.1 Å². The molecule has 1 aromatic carbocycles. The fourth-order valence-electron chi connectivity index (χ4n) is 3.91. The van der Waals surface area contributed by atoms with Crippen LogP contribution >= 0.6 is 11.6 Å². The second-order valence-electron chi connectivity index (χ2n) is 8.17. The van der Waals surface area contributed by atoms with E-state index in [-0.39, 0.29) is 27.8 Å². The number of amides is 1. The molecule has 2 N–H and O–H groups in total. The molecule has 1 saturated heterocycles. The predicted molar refractivity (Wildman–Crippen MR) is 121 cm³/mol. The summed E-state index contributed by atoms with van der Waals surface area (Å²) in [5, 5.41) is 7.47. The Morgan fingerprint density at radius 3 is 2.50 bits per heavy atom. The second-order valence-corrected chi connectivity index (χ2v) is 10.3. The number of pyridine rings is 1. The monoisotopic (exact) mass is 474 g/mol. The number of anilines is 2. The lowest BCUT2D eigenvalue weighted by molar-refractivity contribution is -0.117. The molecule has 1 saturated carbocycles. The van der Waals surface area contributed by atoms with E-state index < -0.39 is 10.0 Å². The van der Waals surface area contributed by atoms with Crippen molar-refractivity contribution in [3.8, 4) is 0 Å². The zero-order chi connectivity index (χ0) is 22.3. The van der Waals surface area contributed by atoms with Crippen LogP contribution in [0, 0.1) is 5.92 Å². The molecule has 0 unspecified atom stereocenters. The Morgan fingerprint density at radius 2 is 1.78 bits per heavy atom. The number of halogens is 1. The number of fused-ring (bicyclic) bond motifs is 1. The van der Waals surface area contributed by atoms with Gasteiger partial charge in [0.2, 0.25) is 21.9 Å². The summed E-state index contributed by atoms with van der Waals surface area (Å²) in [6.07, 6.45) is 3.11. The number of sulfonamides is 1. The maximum atomic E-state index is 12.7. The molecule has 0 atom stereocenters. The van der Waals surface area contributed by atoms with Crippen LogP contribution in [0.3, 0.4) is 0 Å². The zero-order valence-corrected chi connectivity index (χ0v) is 18.8. The number of hydrogen-bond donors (Lipinski definition) is 2. The highest BCUT2D eigenvalue weighted by Crippen LogP contribution is 2.30. The van der Waals surface area contributed by atoms with Crippen molar-refractivity contribution in [2.24, 2.45) is 5.92 Å². The van der Waals surface area contributed by atoms with Crippen LogP contribution < -0.4 is 14.9 Å². The van der Waals surface area contributed by atoms with Crippen LogP contribution in [0.1, 0.15) is 25.7 Å².